The zero-order valence-corrected chi connectivity index (χ0v) is 19.4. The smallest absolute Gasteiger partial charge is 0.391 e. The van der Waals surface area contributed by atoms with Gasteiger partial charge in [-0.25, -0.2) is 4.39 Å². The lowest BCUT2D eigenvalue weighted by Gasteiger charge is -2.28. The van der Waals surface area contributed by atoms with Gasteiger partial charge in [0.1, 0.15) is 5.82 Å². The SMILES string of the molecule is Cc1c(C(=O)N[C@H]2CCCCC2O)cc(-c2cc(C(F)(F)F)ccc2F)n1CC1CCCCC1. The van der Waals surface area contributed by atoms with Gasteiger partial charge in [-0.1, -0.05) is 32.1 Å². The van der Waals surface area contributed by atoms with Gasteiger partial charge in [-0.05, 0) is 62.8 Å². The predicted octanol–water partition coefficient (Wildman–Crippen LogP) is 6.24. The van der Waals surface area contributed by atoms with Crippen molar-refractivity contribution in [1.82, 2.24) is 9.88 Å². The van der Waals surface area contributed by atoms with Crippen molar-refractivity contribution in [3.8, 4) is 11.3 Å². The topological polar surface area (TPSA) is 54.3 Å². The van der Waals surface area contributed by atoms with Crippen molar-refractivity contribution in [1.29, 1.82) is 0 Å². The van der Waals surface area contributed by atoms with Gasteiger partial charge in [0.05, 0.1) is 29.0 Å². The molecule has 2 fully saturated rings. The molecule has 1 aromatic heterocycles. The van der Waals surface area contributed by atoms with Crippen molar-refractivity contribution < 1.29 is 27.5 Å². The number of carbonyl (C=O) groups is 1. The predicted molar refractivity (Wildman–Crippen MR) is 122 cm³/mol. The van der Waals surface area contributed by atoms with Gasteiger partial charge >= 0.3 is 6.18 Å². The van der Waals surface area contributed by atoms with E-state index in [2.05, 4.69) is 5.32 Å². The highest BCUT2D eigenvalue weighted by atomic mass is 19.4. The first-order valence-electron chi connectivity index (χ1n) is 12.2. The second kappa shape index (κ2) is 10.1. The molecule has 0 spiro atoms. The molecule has 1 heterocycles. The highest BCUT2D eigenvalue weighted by Crippen LogP contribution is 2.36. The molecule has 2 aliphatic carbocycles. The van der Waals surface area contributed by atoms with Gasteiger partial charge in [0, 0.05) is 17.8 Å². The van der Waals surface area contributed by atoms with E-state index in [1.54, 1.807) is 11.5 Å². The van der Waals surface area contributed by atoms with Crippen LogP contribution in [0.15, 0.2) is 24.3 Å². The van der Waals surface area contributed by atoms with Crippen LogP contribution in [0.5, 0.6) is 0 Å². The quantitative estimate of drug-likeness (QED) is 0.498. The number of aliphatic hydroxyl groups is 1. The lowest BCUT2D eigenvalue weighted by molar-refractivity contribution is -0.137. The molecular weight excluding hydrogens is 448 g/mol. The van der Waals surface area contributed by atoms with Gasteiger partial charge in [0.25, 0.3) is 5.91 Å². The summed E-state index contributed by atoms with van der Waals surface area (Å²) in [6, 6.07) is 3.54. The van der Waals surface area contributed by atoms with E-state index in [9.17, 15) is 27.5 Å². The largest absolute Gasteiger partial charge is 0.416 e. The van der Waals surface area contributed by atoms with Crippen molar-refractivity contribution in [3.63, 3.8) is 0 Å². The lowest BCUT2D eigenvalue weighted by Crippen LogP contribution is -2.45. The Kier molecular flexibility index (Phi) is 7.36. The molecule has 2 aromatic rings. The number of alkyl halides is 3. The van der Waals surface area contributed by atoms with E-state index in [0.29, 0.717) is 36.6 Å². The number of aromatic nitrogens is 1. The minimum Gasteiger partial charge on any atom is -0.391 e. The summed E-state index contributed by atoms with van der Waals surface area (Å²) in [6.45, 7) is 2.28. The molecule has 1 unspecified atom stereocenters. The third-order valence-corrected chi connectivity index (χ3v) is 7.39. The first-order valence-corrected chi connectivity index (χ1v) is 12.2. The number of aliphatic hydroxyl groups excluding tert-OH is 1. The number of benzene rings is 1. The van der Waals surface area contributed by atoms with Crippen LogP contribution < -0.4 is 5.32 Å². The average molecular weight is 481 g/mol. The summed E-state index contributed by atoms with van der Waals surface area (Å²) in [5.41, 5.74) is 0.0929. The zero-order chi connectivity index (χ0) is 24.5. The summed E-state index contributed by atoms with van der Waals surface area (Å²) < 4.78 is 56.8. The molecule has 186 valence electrons. The fourth-order valence-corrected chi connectivity index (χ4v) is 5.39. The van der Waals surface area contributed by atoms with E-state index in [1.807, 2.05) is 0 Å². The Morgan fingerprint density at radius 2 is 1.74 bits per heavy atom. The van der Waals surface area contributed by atoms with Crippen LogP contribution >= 0.6 is 0 Å². The summed E-state index contributed by atoms with van der Waals surface area (Å²) in [5.74, 6) is -0.826. The van der Waals surface area contributed by atoms with Gasteiger partial charge in [-0.3, -0.25) is 4.79 Å². The lowest BCUT2D eigenvalue weighted by atomic mass is 9.89. The maximum absolute atomic E-state index is 14.9. The van der Waals surface area contributed by atoms with Gasteiger partial charge in [-0.15, -0.1) is 0 Å². The first-order chi connectivity index (χ1) is 16.1. The molecule has 2 saturated carbocycles. The molecule has 0 aliphatic heterocycles. The van der Waals surface area contributed by atoms with Crippen molar-refractivity contribution in [3.05, 3.63) is 46.9 Å². The van der Waals surface area contributed by atoms with Gasteiger partial charge in [-0.2, -0.15) is 13.2 Å². The zero-order valence-electron chi connectivity index (χ0n) is 19.4. The molecule has 2 atom stereocenters. The number of halogens is 4. The van der Waals surface area contributed by atoms with Crippen molar-refractivity contribution in [2.24, 2.45) is 5.92 Å². The Hall–Kier alpha value is -2.35. The standard InChI is InChI=1S/C26H32F4N2O2/c1-16-19(25(34)31-22-9-5-6-10-24(22)33)14-23(32(16)15-17-7-3-2-4-8-17)20-13-18(26(28,29)30)11-12-21(20)27/h11-14,17,22,24,33H,2-10,15H2,1H3,(H,31,34)/t22-,24?/m0/s1. The number of nitrogens with one attached hydrogen (secondary N) is 1. The second-order valence-electron chi connectivity index (χ2n) is 9.77. The third kappa shape index (κ3) is 5.32. The summed E-state index contributed by atoms with van der Waals surface area (Å²) in [4.78, 5) is 13.2. The molecule has 0 bridgehead atoms. The van der Waals surface area contributed by atoms with Crippen LogP contribution in [0.25, 0.3) is 11.3 Å². The highest BCUT2D eigenvalue weighted by molar-refractivity contribution is 5.97. The van der Waals surface area contributed by atoms with Gasteiger partial charge < -0.3 is 15.0 Å². The molecule has 2 aliphatic rings. The van der Waals surface area contributed by atoms with Crippen LogP contribution in [-0.4, -0.2) is 27.7 Å². The fourth-order valence-electron chi connectivity index (χ4n) is 5.39. The van der Waals surface area contributed by atoms with Crippen molar-refractivity contribution in [2.75, 3.05) is 0 Å². The van der Waals surface area contributed by atoms with Crippen molar-refractivity contribution >= 4 is 5.91 Å². The van der Waals surface area contributed by atoms with Crippen LogP contribution in [0.3, 0.4) is 0 Å². The summed E-state index contributed by atoms with van der Waals surface area (Å²) in [5, 5.41) is 13.2. The summed E-state index contributed by atoms with van der Waals surface area (Å²) in [6.07, 6.45) is 3.21. The Bertz CT molecular complexity index is 1020. The molecule has 2 N–H and O–H groups in total. The first kappa shape index (κ1) is 24.8. The van der Waals surface area contributed by atoms with Crippen LogP contribution in [0.4, 0.5) is 17.6 Å². The Morgan fingerprint density at radius 3 is 2.41 bits per heavy atom. The minimum absolute atomic E-state index is 0.162. The number of hydrogen-bond donors (Lipinski definition) is 2. The van der Waals surface area contributed by atoms with E-state index in [4.69, 9.17) is 0 Å². The molecule has 0 saturated heterocycles. The van der Waals surface area contributed by atoms with E-state index in [-0.39, 0.29) is 23.2 Å². The van der Waals surface area contributed by atoms with E-state index < -0.39 is 23.7 Å². The number of nitrogens with zero attached hydrogens (tertiary/aromatic N) is 1. The van der Waals surface area contributed by atoms with Crippen LogP contribution in [0.2, 0.25) is 0 Å². The molecule has 34 heavy (non-hydrogen) atoms. The maximum Gasteiger partial charge on any atom is 0.416 e. The third-order valence-electron chi connectivity index (χ3n) is 7.39. The van der Waals surface area contributed by atoms with E-state index in [1.165, 1.54) is 6.07 Å². The van der Waals surface area contributed by atoms with E-state index >= 15 is 0 Å². The molecular formula is C26H32F4N2O2. The van der Waals surface area contributed by atoms with Gasteiger partial charge in [0.15, 0.2) is 0 Å². The molecule has 8 heteroatoms. The molecule has 4 nitrogen and oxygen atoms in total. The highest BCUT2D eigenvalue weighted by Gasteiger charge is 2.33. The Labute approximate surface area is 197 Å². The summed E-state index contributed by atoms with van der Waals surface area (Å²) in [7, 11) is 0. The molecule has 1 aromatic carbocycles. The number of rotatable bonds is 5. The monoisotopic (exact) mass is 480 g/mol. The Morgan fingerprint density at radius 1 is 1.06 bits per heavy atom. The molecule has 1 amide bonds. The normalized spacial score (nSPS) is 22.1. The second-order valence-corrected chi connectivity index (χ2v) is 9.77. The number of carbonyl (C=O) groups excluding carboxylic acids is 1. The van der Waals surface area contributed by atoms with Crippen LogP contribution in [-0.2, 0) is 12.7 Å². The Balaban J connectivity index is 1.73. The van der Waals surface area contributed by atoms with E-state index in [0.717, 1.165) is 63.1 Å². The maximum atomic E-state index is 14.9. The summed E-state index contributed by atoms with van der Waals surface area (Å²) >= 11 is 0. The van der Waals surface area contributed by atoms with Crippen LogP contribution in [0.1, 0.15) is 79.4 Å². The number of hydrogen-bond acceptors (Lipinski definition) is 2. The van der Waals surface area contributed by atoms with Crippen molar-refractivity contribution in [2.45, 2.75) is 89.6 Å². The van der Waals surface area contributed by atoms with Crippen LogP contribution in [0, 0.1) is 18.7 Å². The molecule has 0 radical (unpaired) electrons. The molecule has 4 rings (SSSR count). The minimum atomic E-state index is -4.60. The fraction of sp³-hybridized carbons (Fsp3) is 0.577. The average Bonchev–Trinajstić information content (AvgIpc) is 3.11. The van der Waals surface area contributed by atoms with Gasteiger partial charge in [0.2, 0.25) is 0 Å². The number of amides is 1.